The number of carbonyl (C=O) groups excluding carboxylic acids is 2. The summed E-state index contributed by atoms with van der Waals surface area (Å²) >= 11 is 1.41. The molecule has 2 aromatic rings. The van der Waals surface area contributed by atoms with Crippen molar-refractivity contribution < 1.29 is 19.1 Å². The summed E-state index contributed by atoms with van der Waals surface area (Å²) in [6, 6.07) is 9.64. The van der Waals surface area contributed by atoms with Gasteiger partial charge in [-0.3, -0.25) is 9.59 Å². The molecule has 7 heteroatoms. The van der Waals surface area contributed by atoms with Crippen LogP contribution in [-0.4, -0.2) is 23.5 Å². The van der Waals surface area contributed by atoms with Gasteiger partial charge in [0, 0.05) is 11.1 Å². The molecule has 0 saturated heterocycles. The Morgan fingerprint density at radius 2 is 1.91 bits per heavy atom. The Balaban J connectivity index is 1.80. The van der Waals surface area contributed by atoms with Crippen molar-refractivity contribution in [1.29, 1.82) is 0 Å². The van der Waals surface area contributed by atoms with Crippen molar-refractivity contribution in [2.24, 2.45) is 0 Å². The van der Waals surface area contributed by atoms with E-state index in [9.17, 15) is 9.59 Å². The van der Waals surface area contributed by atoms with Gasteiger partial charge < -0.3 is 14.8 Å². The Bertz CT molecular complexity index is 627. The van der Waals surface area contributed by atoms with Crippen LogP contribution in [0, 0.1) is 0 Å². The Kier molecular flexibility index (Phi) is 5.91. The zero-order valence-corrected chi connectivity index (χ0v) is 12.9. The first-order valence-corrected chi connectivity index (χ1v) is 7.63. The number of aromatic nitrogens is 1. The molecule has 1 heterocycles. The Morgan fingerprint density at radius 3 is 2.64 bits per heavy atom. The molecule has 1 aromatic carbocycles. The van der Waals surface area contributed by atoms with Crippen molar-refractivity contribution in [3.8, 4) is 0 Å². The lowest BCUT2D eigenvalue weighted by Gasteiger charge is -2.03. The van der Waals surface area contributed by atoms with E-state index in [2.05, 4.69) is 15.0 Å². The Hall–Kier alpha value is -2.41. The first-order chi connectivity index (χ1) is 10.7. The molecular formula is C15H16N2O4S. The zero-order valence-electron chi connectivity index (χ0n) is 12.1. The van der Waals surface area contributed by atoms with Gasteiger partial charge in [0.25, 0.3) is 0 Å². The van der Waals surface area contributed by atoms with E-state index in [1.807, 2.05) is 30.3 Å². The number of nitrogens with zero attached hydrogens (tertiary/aromatic N) is 1. The van der Waals surface area contributed by atoms with Crippen LogP contribution in [-0.2, 0) is 25.7 Å². The van der Waals surface area contributed by atoms with Crippen molar-refractivity contribution in [2.45, 2.75) is 20.0 Å². The number of anilines is 2. The summed E-state index contributed by atoms with van der Waals surface area (Å²) in [6.07, 6.45) is -0.382. The van der Waals surface area contributed by atoms with E-state index in [4.69, 9.17) is 4.74 Å². The first kappa shape index (κ1) is 16.0. The summed E-state index contributed by atoms with van der Waals surface area (Å²) in [7, 11) is 0. The van der Waals surface area contributed by atoms with Crippen LogP contribution in [0.2, 0.25) is 0 Å². The number of benzene rings is 1. The van der Waals surface area contributed by atoms with Crippen molar-refractivity contribution in [3.63, 3.8) is 0 Å². The van der Waals surface area contributed by atoms with E-state index in [1.54, 1.807) is 12.3 Å². The monoisotopic (exact) mass is 320 g/mol. The third-order valence-electron chi connectivity index (χ3n) is 2.55. The molecule has 0 unspecified atom stereocenters. The summed E-state index contributed by atoms with van der Waals surface area (Å²) in [5.41, 5.74) is 1.56. The quantitative estimate of drug-likeness (QED) is 0.624. The van der Waals surface area contributed by atoms with Gasteiger partial charge in [-0.2, -0.15) is 0 Å². The second-order valence-corrected chi connectivity index (χ2v) is 5.14. The van der Waals surface area contributed by atoms with Gasteiger partial charge in [0.1, 0.15) is 13.0 Å². The molecule has 6 nitrogen and oxygen atoms in total. The number of hydrogen-bond acceptors (Lipinski definition) is 7. The van der Waals surface area contributed by atoms with Gasteiger partial charge in [-0.05, 0) is 19.1 Å². The molecule has 1 aromatic heterocycles. The standard InChI is InChI=1S/C15H16N2O4S/c1-2-20-13(18)8-14(19)21-9-12-10-22-15(17-12)16-11-6-4-3-5-7-11/h3-7,10H,2,8-9H2,1H3,(H,16,17). The van der Waals surface area contributed by atoms with E-state index in [-0.39, 0.29) is 19.6 Å². The SMILES string of the molecule is CCOC(=O)CC(=O)OCc1csc(Nc2ccccc2)n1. The Labute approximate surface area is 132 Å². The van der Waals surface area contributed by atoms with Crippen molar-refractivity contribution in [3.05, 3.63) is 41.4 Å². The lowest BCUT2D eigenvalue weighted by Crippen LogP contribution is -2.13. The fourth-order valence-corrected chi connectivity index (χ4v) is 2.33. The summed E-state index contributed by atoms with van der Waals surface area (Å²) in [5, 5.41) is 5.66. The smallest absolute Gasteiger partial charge is 0.317 e. The fourth-order valence-electron chi connectivity index (χ4n) is 1.61. The van der Waals surface area contributed by atoms with Gasteiger partial charge >= 0.3 is 11.9 Å². The highest BCUT2D eigenvalue weighted by molar-refractivity contribution is 7.13. The van der Waals surface area contributed by atoms with E-state index >= 15 is 0 Å². The zero-order chi connectivity index (χ0) is 15.8. The minimum Gasteiger partial charge on any atom is -0.466 e. The van der Waals surface area contributed by atoms with Crippen LogP contribution in [0.5, 0.6) is 0 Å². The number of nitrogens with one attached hydrogen (secondary N) is 1. The summed E-state index contributed by atoms with van der Waals surface area (Å²) in [5.74, 6) is -1.21. The maximum absolute atomic E-state index is 11.4. The molecule has 2 rings (SSSR count). The van der Waals surface area contributed by atoms with Crippen molar-refractivity contribution >= 4 is 34.1 Å². The molecule has 1 N–H and O–H groups in total. The van der Waals surface area contributed by atoms with Crippen LogP contribution >= 0.6 is 11.3 Å². The normalized spacial score (nSPS) is 10.0. The van der Waals surface area contributed by atoms with Crippen LogP contribution in [0.15, 0.2) is 35.7 Å². The Morgan fingerprint density at radius 1 is 1.18 bits per heavy atom. The first-order valence-electron chi connectivity index (χ1n) is 6.75. The average molecular weight is 320 g/mol. The van der Waals surface area contributed by atoms with Gasteiger partial charge in [-0.15, -0.1) is 11.3 Å². The van der Waals surface area contributed by atoms with Crippen molar-refractivity contribution in [1.82, 2.24) is 4.98 Å². The molecule has 0 aliphatic heterocycles. The molecule has 116 valence electrons. The molecule has 0 bridgehead atoms. The number of carbonyl (C=O) groups is 2. The molecule has 0 amide bonds. The topological polar surface area (TPSA) is 77.5 Å². The largest absolute Gasteiger partial charge is 0.466 e. The van der Waals surface area contributed by atoms with Crippen molar-refractivity contribution in [2.75, 3.05) is 11.9 Å². The minimum absolute atomic E-state index is 0.0329. The van der Waals surface area contributed by atoms with Crippen LogP contribution in [0.25, 0.3) is 0 Å². The van der Waals surface area contributed by atoms with Gasteiger partial charge in [0.05, 0.1) is 12.3 Å². The molecule has 0 radical (unpaired) electrons. The second kappa shape index (κ2) is 8.14. The van der Waals surface area contributed by atoms with E-state index in [1.165, 1.54) is 11.3 Å². The summed E-state index contributed by atoms with van der Waals surface area (Å²) < 4.78 is 9.66. The van der Waals surface area contributed by atoms with Crippen LogP contribution in [0.4, 0.5) is 10.8 Å². The number of thiazole rings is 1. The summed E-state index contributed by atoms with van der Waals surface area (Å²) in [4.78, 5) is 26.9. The molecule has 0 aliphatic carbocycles. The maximum Gasteiger partial charge on any atom is 0.317 e. The lowest BCUT2D eigenvalue weighted by atomic mass is 10.3. The number of esters is 2. The fraction of sp³-hybridized carbons (Fsp3) is 0.267. The van der Waals surface area contributed by atoms with Gasteiger partial charge in [0.2, 0.25) is 0 Å². The van der Waals surface area contributed by atoms with Gasteiger partial charge in [-0.1, -0.05) is 18.2 Å². The second-order valence-electron chi connectivity index (χ2n) is 4.28. The molecule has 0 saturated carbocycles. The van der Waals surface area contributed by atoms with Crippen LogP contribution in [0.1, 0.15) is 19.0 Å². The number of hydrogen-bond donors (Lipinski definition) is 1. The van der Waals surface area contributed by atoms with Crippen LogP contribution in [0.3, 0.4) is 0 Å². The molecule has 0 spiro atoms. The number of ether oxygens (including phenoxy) is 2. The molecule has 0 aliphatic rings. The highest BCUT2D eigenvalue weighted by Gasteiger charge is 2.12. The highest BCUT2D eigenvalue weighted by atomic mass is 32.1. The van der Waals surface area contributed by atoms with E-state index in [0.29, 0.717) is 10.8 Å². The maximum atomic E-state index is 11.4. The molecular weight excluding hydrogens is 304 g/mol. The molecule has 0 fully saturated rings. The number of rotatable bonds is 7. The third kappa shape index (κ3) is 5.17. The average Bonchev–Trinajstić information content (AvgIpc) is 2.94. The minimum atomic E-state index is -0.621. The lowest BCUT2D eigenvalue weighted by molar-refractivity contribution is -0.155. The molecule has 0 atom stereocenters. The van der Waals surface area contributed by atoms with E-state index in [0.717, 1.165) is 5.69 Å². The van der Waals surface area contributed by atoms with E-state index < -0.39 is 11.9 Å². The van der Waals surface area contributed by atoms with Gasteiger partial charge in [-0.25, -0.2) is 4.98 Å². The predicted octanol–water partition coefficient (Wildman–Crippen LogP) is 2.88. The van der Waals surface area contributed by atoms with Crippen LogP contribution < -0.4 is 5.32 Å². The highest BCUT2D eigenvalue weighted by Crippen LogP contribution is 2.21. The number of para-hydroxylation sites is 1. The molecule has 22 heavy (non-hydrogen) atoms. The predicted molar refractivity (Wildman–Crippen MR) is 82.9 cm³/mol. The third-order valence-corrected chi connectivity index (χ3v) is 3.36. The van der Waals surface area contributed by atoms with Gasteiger partial charge in [0.15, 0.2) is 5.13 Å². The summed E-state index contributed by atoms with van der Waals surface area (Å²) in [6.45, 7) is 1.96.